The molecule has 0 bridgehead atoms. The minimum atomic E-state index is -4.69. The molecule has 1 nitrogen and oxygen atoms in total. The van der Waals surface area contributed by atoms with Gasteiger partial charge in [-0.1, -0.05) is 0 Å². The molecule has 0 N–H and O–H groups in total. The van der Waals surface area contributed by atoms with Gasteiger partial charge in [-0.2, -0.15) is 13.2 Å². The average molecular weight is 203 g/mol. The minimum absolute atomic E-state index is 0.0514. The summed E-state index contributed by atoms with van der Waals surface area (Å²) in [6.07, 6.45) is -3.60. The van der Waals surface area contributed by atoms with E-state index in [0.29, 0.717) is 12.1 Å². The van der Waals surface area contributed by atoms with Crippen LogP contribution in [0.5, 0.6) is 0 Å². The Kier molecular flexibility index (Phi) is 1.77. The molecule has 0 aliphatic rings. The molecular weight excluding hydrogens is 200 g/mol. The van der Waals surface area contributed by atoms with Gasteiger partial charge in [0, 0.05) is 17.5 Å². The Labute approximate surface area is 75.9 Å². The van der Waals surface area contributed by atoms with Crippen LogP contribution in [0.1, 0.15) is 5.56 Å². The number of halogens is 4. The zero-order valence-electron chi connectivity index (χ0n) is 6.65. The number of hydrogen-bond donors (Lipinski definition) is 0. The number of rotatable bonds is 0. The molecule has 73 valence electrons. The van der Waals surface area contributed by atoms with E-state index in [1.54, 1.807) is 0 Å². The average Bonchev–Trinajstić information content (AvgIpc) is 2.47. The Morgan fingerprint density at radius 1 is 1.21 bits per heavy atom. The largest absolute Gasteiger partial charge is 0.464 e. The van der Waals surface area contributed by atoms with Crippen molar-refractivity contribution in [3.05, 3.63) is 35.8 Å². The van der Waals surface area contributed by atoms with Gasteiger partial charge in [-0.3, -0.25) is 0 Å². The molecule has 2 aromatic rings. The molecule has 1 aromatic heterocycles. The quantitative estimate of drug-likeness (QED) is 0.598. The van der Waals surface area contributed by atoms with Gasteiger partial charge in [0.2, 0.25) is 0 Å². The Morgan fingerprint density at radius 3 is 2.57 bits per heavy atom. The molecule has 1 radical (unpaired) electrons. The summed E-state index contributed by atoms with van der Waals surface area (Å²) < 4.78 is 54.2. The fourth-order valence-corrected chi connectivity index (χ4v) is 1.14. The fourth-order valence-electron chi connectivity index (χ4n) is 1.14. The van der Waals surface area contributed by atoms with Crippen molar-refractivity contribution in [2.45, 2.75) is 6.18 Å². The van der Waals surface area contributed by atoms with Gasteiger partial charge >= 0.3 is 6.18 Å². The smallest absolute Gasteiger partial charge is 0.419 e. The lowest BCUT2D eigenvalue weighted by atomic mass is 10.1. The summed E-state index contributed by atoms with van der Waals surface area (Å²) in [5.74, 6) is -1.34. The van der Waals surface area contributed by atoms with Gasteiger partial charge in [0.15, 0.2) is 0 Å². The highest BCUT2D eigenvalue weighted by Crippen LogP contribution is 2.33. The van der Waals surface area contributed by atoms with Gasteiger partial charge in [-0.05, 0) is 6.07 Å². The van der Waals surface area contributed by atoms with Crippen LogP contribution in [-0.2, 0) is 6.18 Å². The summed E-state index contributed by atoms with van der Waals surface area (Å²) in [7, 11) is 0. The Hall–Kier alpha value is -1.52. The molecule has 1 aromatic carbocycles. The van der Waals surface area contributed by atoms with E-state index in [0.717, 1.165) is 6.26 Å². The monoisotopic (exact) mass is 203 g/mol. The van der Waals surface area contributed by atoms with Gasteiger partial charge < -0.3 is 4.42 Å². The van der Waals surface area contributed by atoms with Crippen molar-refractivity contribution >= 4 is 11.0 Å². The van der Waals surface area contributed by atoms with Crippen LogP contribution in [0, 0.1) is 11.9 Å². The van der Waals surface area contributed by atoms with Crippen LogP contribution in [0.4, 0.5) is 17.6 Å². The van der Waals surface area contributed by atoms with Gasteiger partial charge in [0.1, 0.15) is 11.4 Å². The molecule has 0 aliphatic heterocycles. The third-order valence-electron chi connectivity index (χ3n) is 1.77. The highest BCUT2D eigenvalue weighted by atomic mass is 19.4. The van der Waals surface area contributed by atoms with Crippen molar-refractivity contribution in [1.82, 2.24) is 0 Å². The van der Waals surface area contributed by atoms with E-state index in [9.17, 15) is 17.6 Å². The zero-order valence-corrected chi connectivity index (χ0v) is 6.65. The van der Waals surface area contributed by atoms with E-state index in [4.69, 9.17) is 4.42 Å². The summed E-state index contributed by atoms with van der Waals surface area (Å²) >= 11 is 0. The molecule has 5 heteroatoms. The van der Waals surface area contributed by atoms with Crippen LogP contribution in [0.3, 0.4) is 0 Å². The number of alkyl halides is 3. The maximum atomic E-state index is 12.9. The summed E-state index contributed by atoms with van der Waals surface area (Å²) in [4.78, 5) is 0. The fraction of sp³-hybridized carbons (Fsp3) is 0.111. The number of furan rings is 1. The van der Waals surface area contributed by atoms with Gasteiger partial charge in [0.05, 0.1) is 11.8 Å². The van der Waals surface area contributed by atoms with E-state index < -0.39 is 17.6 Å². The van der Waals surface area contributed by atoms with Crippen LogP contribution in [0.2, 0.25) is 0 Å². The first-order valence-corrected chi connectivity index (χ1v) is 3.64. The Morgan fingerprint density at radius 2 is 1.93 bits per heavy atom. The van der Waals surface area contributed by atoms with Crippen molar-refractivity contribution in [2.75, 3.05) is 0 Å². The predicted molar refractivity (Wildman–Crippen MR) is 40.0 cm³/mol. The Bertz CT molecular complexity index is 469. The first-order valence-electron chi connectivity index (χ1n) is 3.64. The summed E-state index contributed by atoms with van der Waals surface area (Å²) in [6.45, 7) is 0. The highest BCUT2D eigenvalue weighted by molar-refractivity contribution is 5.77. The summed E-state index contributed by atoms with van der Waals surface area (Å²) in [5, 5.41) is 0.110. The maximum absolute atomic E-state index is 12.9. The second kappa shape index (κ2) is 2.73. The number of hydrogen-bond acceptors (Lipinski definition) is 1. The molecule has 1 heterocycles. The van der Waals surface area contributed by atoms with Crippen LogP contribution in [0.25, 0.3) is 11.0 Å². The third kappa shape index (κ3) is 1.34. The van der Waals surface area contributed by atoms with E-state index >= 15 is 0 Å². The molecule has 0 amide bonds. The minimum Gasteiger partial charge on any atom is -0.464 e. The van der Waals surface area contributed by atoms with Crippen LogP contribution in [-0.4, -0.2) is 0 Å². The van der Waals surface area contributed by atoms with Gasteiger partial charge in [-0.25, -0.2) is 4.39 Å². The van der Waals surface area contributed by atoms with E-state index in [-0.39, 0.29) is 11.0 Å². The first-order chi connectivity index (χ1) is 6.48. The molecule has 0 aliphatic carbocycles. The van der Waals surface area contributed by atoms with E-state index in [1.807, 2.05) is 0 Å². The standard InChI is InChI=1S/C9H3F4O/c10-7-4-8-5(1-2-14-8)3-6(7)9(11,12)13/h2-4H. The molecule has 0 fully saturated rings. The molecule has 0 spiro atoms. The van der Waals surface area contributed by atoms with Crippen LogP contribution < -0.4 is 0 Å². The molecule has 0 saturated heterocycles. The van der Waals surface area contributed by atoms with E-state index in [1.165, 1.54) is 0 Å². The SMILES string of the molecule is Fc1cc2oc[c]c2cc1C(F)(F)F. The highest BCUT2D eigenvalue weighted by Gasteiger charge is 2.34. The normalized spacial score (nSPS) is 12.3. The van der Waals surface area contributed by atoms with Crippen molar-refractivity contribution < 1.29 is 22.0 Å². The lowest BCUT2D eigenvalue weighted by molar-refractivity contribution is -0.139. The van der Waals surface area contributed by atoms with Crippen molar-refractivity contribution in [3.63, 3.8) is 0 Å². The topological polar surface area (TPSA) is 13.1 Å². The van der Waals surface area contributed by atoms with Crippen molar-refractivity contribution in [2.24, 2.45) is 0 Å². The van der Waals surface area contributed by atoms with Crippen LogP contribution in [0.15, 0.2) is 22.8 Å². The predicted octanol–water partition coefficient (Wildman–Crippen LogP) is 3.39. The number of benzene rings is 1. The van der Waals surface area contributed by atoms with Gasteiger partial charge in [-0.15, -0.1) is 0 Å². The lowest BCUT2D eigenvalue weighted by Gasteiger charge is -2.06. The van der Waals surface area contributed by atoms with E-state index in [2.05, 4.69) is 6.07 Å². The van der Waals surface area contributed by atoms with Crippen molar-refractivity contribution in [3.8, 4) is 0 Å². The third-order valence-corrected chi connectivity index (χ3v) is 1.77. The molecule has 0 atom stereocenters. The summed E-state index contributed by atoms with van der Waals surface area (Å²) in [5.41, 5.74) is -1.25. The molecular formula is C9H3F4O. The maximum Gasteiger partial charge on any atom is 0.419 e. The molecule has 0 unspecified atom stereocenters. The summed E-state index contributed by atoms with van der Waals surface area (Å²) in [6, 6.07) is 3.80. The van der Waals surface area contributed by atoms with Crippen molar-refractivity contribution in [1.29, 1.82) is 0 Å². The second-order valence-corrected chi connectivity index (χ2v) is 2.71. The molecule has 0 saturated carbocycles. The molecule has 14 heavy (non-hydrogen) atoms. The molecule has 2 rings (SSSR count). The lowest BCUT2D eigenvalue weighted by Crippen LogP contribution is -2.07. The van der Waals surface area contributed by atoms with Gasteiger partial charge in [0.25, 0.3) is 0 Å². The van der Waals surface area contributed by atoms with Crippen LogP contribution >= 0.6 is 0 Å². The first kappa shape index (κ1) is 9.05. The second-order valence-electron chi connectivity index (χ2n) is 2.71. The number of fused-ring (bicyclic) bond motifs is 1. The zero-order chi connectivity index (χ0) is 10.3. The Balaban J connectivity index is 2.71.